The van der Waals surface area contributed by atoms with E-state index in [1.165, 1.54) is 0 Å². The van der Waals surface area contributed by atoms with E-state index in [0.29, 0.717) is 13.0 Å². The minimum atomic E-state index is -3.21. The standard InChI is InChI=1S/C11H19N3O2S/c1-10(12-2)9-14-17(15,16)8-6-11-5-3-4-7-13-11/h3-5,7,10,12,14H,6,8-9H2,1-2H3. The summed E-state index contributed by atoms with van der Waals surface area (Å²) in [6.45, 7) is 2.32. The molecule has 0 spiro atoms. The van der Waals surface area contributed by atoms with Crippen LogP contribution in [0.5, 0.6) is 0 Å². The molecule has 0 aromatic carbocycles. The summed E-state index contributed by atoms with van der Waals surface area (Å²) in [6.07, 6.45) is 2.10. The van der Waals surface area contributed by atoms with Crippen LogP contribution in [0.2, 0.25) is 0 Å². The normalized spacial score (nSPS) is 13.5. The fraction of sp³-hybridized carbons (Fsp3) is 0.545. The Hall–Kier alpha value is -0.980. The quantitative estimate of drug-likeness (QED) is 0.729. The molecule has 1 aromatic heterocycles. The van der Waals surface area contributed by atoms with E-state index in [2.05, 4.69) is 15.0 Å². The summed E-state index contributed by atoms with van der Waals surface area (Å²) < 4.78 is 25.9. The maximum absolute atomic E-state index is 11.7. The Labute approximate surface area is 103 Å². The van der Waals surface area contributed by atoms with Crippen LogP contribution in [0.15, 0.2) is 24.4 Å². The average Bonchev–Trinajstić information content (AvgIpc) is 2.35. The molecular formula is C11H19N3O2S. The third kappa shape index (κ3) is 5.76. The van der Waals surface area contributed by atoms with Gasteiger partial charge in [0.2, 0.25) is 10.0 Å². The molecule has 0 fully saturated rings. The lowest BCUT2D eigenvalue weighted by molar-refractivity contribution is 0.553. The van der Waals surface area contributed by atoms with Gasteiger partial charge < -0.3 is 5.32 Å². The van der Waals surface area contributed by atoms with Crippen LogP contribution >= 0.6 is 0 Å². The first-order valence-electron chi connectivity index (χ1n) is 5.58. The Morgan fingerprint density at radius 2 is 2.18 bits per heavy atom. The molecule has 1 rings (SSSR count). The van der Waals surface area contributed by atoms with E-state index in [0.717, 1.165) is 5.69 Å². The van der Waals surface area contributed by atoms with Crippen molar-refractivity contribution in [1.29, 1.82) is 0 Å². The van der Waals surface area contributed by atoms with E-state index in [-0.39, 0.29) is 11.8 Å². The number of sulfonamides is 1. The van der Waals surface area contributed by atoms with Crippen molar-refractivity contribution in [2.24, 2.45) is 0 Å². The highest BCUT2D eigenvalue weighted by molar-refractivity contribution is 7.89. The third-order valence-corrected chi connectivity index (χ3v) is 3.80. The van der Waals surface area contributed by atoms with Crippen LogP contribution in [0, 0.1) is 0 Å². The smallest absolute Gasteiger partial charge is 0.212 e. The number of pyridine rings is 1. The molecule has 2 N–H and O–H groups in total. The minimum Gasteiger partial charge on any atom is -0.316 e. The van der Waals surface area contributed by atoms with Gasteiger partial charge in [0.25, 0.3) is 0 Å². The van der Waals surface area contributed by atoms with Gasteiger partial charge in [0.05, 0.1) is 5.75 Å². The highest BCUT2D eigenvalue weighted by Crippen LogP contribution is 1.97. The van der Waals surface area contributed by atoms with Crippen LogP contribution < -0.4 is 10.0 Å². The van der Waals surface area contributed by atoms with Crippen molar-refractivity contribution in [2.45, 2.75) is 19.4 Å². The van der Waals surface area contributed by atoms with Gasteiger partial charge in [-0.1, -0.05) is 6.07 Å². The van der Waals surface area contributed by atoms with Crippen LogP contribution in [0.25, 0.3) is 0 Å². The van der Waals surface area contributed by atoms with Crippen LogP contribution in [0.4, 0.5) is 0 Å². The molecule has 0 saturated heterocycles. The van der Waals surface area contributed by atoms with E-state index in [4.69, 9.17) is 0 Å². The van der Waals surface area contributed by atoms with Crippen molar-refractivity contribution < 1.29 is 8.42 Å². The second kappa shape index (κ2) is 6.68. The van der Waals surface area contributed by atoms with Gasteiger partial charge in [-0.05, 0) is 26.1 Å². The number of hydrogen-bond donors (Lipinski definition) is 2. The molecule has 1 atom stereocenters. The lowest BCUT2D eigenvalue weighted by Crippen LogP contribution is -2.38. The molecule has 1 aromatic rings. The fourth-order valence-corrected chi connectivity index (χ4v) is 2.34. The molecule has 0 aliphatic carbocycles. The summed E-state index contributed by atoms with van der Waals surface area (Å²) >= 11 is 0. The van der Waals surface area contributed by atoms with Gasteiger partial charge in [-0.15, -0.1) is 0 Å². The zero-order chi connectivity index (χ0) is 12.7. The van der Waals surface area contributed by atoms with Crippen LogP contribution in [-0.2, 0) is 16.4 Å². The van der Waals surface area contributed by atoms with Crippen LogP contribution in [0.1, 0.15) is 12.6 Å². The third-order valence-electron chi connectivity index (χ3n) is 2.46. The highest BCUT2D eigenvalue weighted by Gasteiger charge is 2.11. The number of nitrogens with zero attached hydrogens (tertiary/aromatic N) is 1. The largest absolute Gasteiger partial charge is 0.316 e. The number of hydrogen-bond acceptors (Lipinski definition) is 4. The molecule has 6 heteroatoms. The van der Waals surface area contributed by atoms with Crippen molar-refractivity contribution >= 4 is 10.0 Å². The summed E-state index contributed by atoms with van der Waals surface area (Å²) in [6, 6.07) is 5.61. The van der Waals surface area contributed by atoms with Gasteiger partial charge in [0.1, 0.15) is 0 Å². The molecule has 1 unspecified atom stereocenters. The van der Waals surface area contributed by atoms with Crippen molar-refractivity contribution in [3.05, 3.63) is 30.1 Å². The maximum Gasteiger partial charge on any atom is 0.212 e. The first-order valence-corrected chi connectivity index (χ1v) is 7.23. The van der Waals surface area contributed by atoms with Gasteiger partial charge in [-0.3, -0.25) is 4.98 Å². The van der Waals surface area contributed by atoms with Crippen molar-refractivity contribution in [3.63, 3.8) is 0 Å². The average molecular weight is 257 g/mol. The van der Waals surface area contributed by atoms with Gasteiger partial charge >= 0.3 is 0 Å². The van der Waals surface area contributed by atoms with E-state index in [1.54, 1.807) is 13.2 Å². The summed E-state index contributed by atoms with van der Waals surface area (Å²) in [4.78, 5) is 4.09. The Kier molecular flexibility index (Phi) is 5.54. The molecule has 96 valence electrons. The molecule has 0 amide bonds. The lowest BCUT2D eigenvalue weighted by Gasteiger charge is -2.11. The molecule has 0 aliphatic rings. The molecule has 0 aliphatic heterocycles. The van der Waals surface area contributed by atoms with Crippen molar-refractivity contribution in [3.8, 4) is 0 Å². The number of likely N-dealkylation sites (N-methyl/N-ethyl adjacent to an activating group) is 1. The van der Waals surface area contributed by atoms with Gasteiger partial charge in [-0.2, -0.15) is 0 Å². The second-order valence-corrected chi connectivity index (χ2v) is 5.85. The number of aromatic nitrogens is 1. The number of aryl methyl sites for hydroxylation is 1. The second-order valence-electron chi connectivity index (χ2n) is 3.93. The number of nitrogens with one attached hydrogen (secondary N) is 2. The summed E-state index contributed by atoms with van der Waals surface area (Å²) in [5, 5.41) is 2.97. The van der Waals surface area contributed by atoms with Gasteiger partial charge in [0, 0.05) is 30.9 Å². The molecule has 5 nitrogen and oxygen atoms in total. The van der Waals surface area contributed by atoms with Gasteiger partial charge in [0.15, 0.2) is 0 Å². The molecule has 0 bridgehead atoms. The molecule has 0 radical (unpaired) electrons. The lowest BCUT2D eigenvalue weighted by atomic mass is 10.3. The SMILES string of the molecule is CNC(C)CNS(=O)(=O)CCc1ccccn1. The summed E-state index contributed by atoms with van der Waals surface area (Å²) in [7, 11) is -1.42. The molecular weight excluding hydrogens is 238 g/mol. The summed E-state index contributed by atoms with van der Waals surface area (Å²) in [5.41, 5.74) is 0.791. The predicted octanol–water partition coefficient (Wildman–Crippen LogP) is 0.151. The van der Waals surface area contributed by atoms with E-state index in [9.17, 15) is 8.42 Å². The Balaban J connectivity index is 2.40. The van der Waals surface area contributed by atoms with Crippen LogP contribution in [-0.4, -0.2) is 38.8 Å². The maximum atomic E-state index is 11.7. The zero-order valence-corrected chi connectivity index (χ0v) is 11.0. The topological polar surface area (TPSA) is 71.1 Å². The Morgan fingerprint density at radius 1 is 1.41 bits per heavy atom. The molecule has 17 heavy (non-hydrogen) atoms. The monoisotopic (exact) mass is 257 g/mol. The molecule has 1 heterocycles. The van der Waals surface area contributed by atoms with Gasteiger partial charge in [-0.25, -0.2) is 13.1 Å². The van der Waals surface area contributed by atoms with E-state index in [1.807, 2.05) is 25.1 Å². The number of rotatable bonds is 7. The Bertz CT molecular complexity index is 420. The first-order chi connectivity index (χ1) is 8.03. The fourth-order valence-electron chi connectivity index (χ4n) is 1.21. The minimum absolute atomic E-state index is 0.0699. The van der Waals surface area contributed by atoms with E-state index >= 15 is 0 Å². The zero-order valence-electron chi connectivity index (χ0n) is 10.2. The van der Waals surface area contributed by atoms with Crippen molar-refractivity contribution in [1.82, 2.24) is 15.0 Å². The van der Waals surface area contributed by atoms with Crippen molar-refractivity contribution in [2.75, 3.05) is 19.3 Å². The highest BCUT2D eigenvalue weighted by atomic mass is 32.2. The van der Waals surface area contributed by atoms with Crippen LogP contribution in [0.3, 0.4) is 0 Å². The predicted molar refractivity (Wildman–Crippen MR) is 68.3 cm³/mol. The molecule has 0 saturated carbocycles. The first kappa shape index (κ1) is 14.1. The van der Waals surface area contributed by atoms with E-state index < -0.39 is 10.0 Å². The summed E-state index contributed by atoms with van der Waals surface area (Å²) in [5.74, 6) is 0.0699. The Morgan fingerprint density at radius 3 is 2.76 bits per heavy atom.